The highest BCUT2D eigenvalue weighted by Gasteiger charge is 2.29. The van der Waals surface area contributed by atoms with E-state index in [1.807, 2.05) is 6.92 Å². The average molecular weight is 220 g/mol. The lowest BCUT2D eigenvalue weighted by Crippen LogP contribution is -2.39. The summed E-state index contributed by atoms with van der Waals surface area (Å²) in [6.45, 7) is 4.19. The van der Waals surface area contributed by atoms with Crippen LogP contribution >= 0.6 is 0 Å². The zero-order valence-corrected chi connectivity index (χ0v) is 9.80. The predicted molar refractivity (Wildman–Crippen MR) is 64.6 cm³/mol. The summed E-state index contributed by atoms with van der Waals surface area (Å²) in [5, 5.41) is 0. The van der Waals surface area contributed by atoms with E-state index >= 15 is 0 Å². The molecular formula is C13H20N2O. The number of likely N-dealkylation sites (tertiary alicyclic amines) is 1. The highest BCUT2D eigenvalue weighted by atomic mass is 16.6. The molecule has 1 heterocycles. The predicted octanol–water partition coefficient (Wildman–Crippen LogP) is 1.93. The number of benzene rings is 1. The van der Waals surface area contributed by atoms with E-state index in [-0.39, 0.29) is 6.10 Å². The van der Waals surface area contributed by atoms with Gasteiger partial charge in [0.25, 0.3) is 0 Å². The van der Waals surface area contributed by atoms with Gasteiger partial charge in [0.15, 0.2) is 0 Å². The molecule has 1 saturated heterocycles. The first kappa shape index (κ1) is 11.6. The van der Waals surface area contributed by atoms with E-state index in [0.29, 0.717) is 6.04 Å². The fraction of sp³-hybridized carbons (Fsp3) is 0.538. The molecule has 0 bridgehead atoms. The van der Waals surface area contributed by atoms with Gasteiger partial charge in [0, 0.05) is 12.6 Å². The van der Waals surface area contributed by atoms with Crippen molar-refractivity contribution in [1.82, 2.24) is 4.90 Å². The molecule has 2 rings (SSSR count). The van der Waals surface area contributed by atoms with Crippen molar-refractivity contribution in [2.24, 2.45) is 5.90 Å². The Morgan fingerprint density at radius 2 is 2.19 bits per heavy atom. The Bertz CT molecular complexity index is 315. The molecule has 0 radical (unpaired) electrons. The first-order chi connectivity index (χ1) is 7.81. The van der Waals surface area contributed by atoms with Crippen molar-refractivity contribution in [3.63, 3.8) is 0 Å². The molecule has 2 unspecified atom stereocenters. The van der Waals surface area contributed by atoms with Crippen LogP contribution in [0.5, 0.6) is 0 Å². The van der Waals surface area contributed by atoms with Crippen molar-refractivity contribution in [3.8, 4) is 0 Å². The van der Waals surface area contributed by atoms with Crippen LogP contribution in [-0.4, -0.2) is 23.6 Å². The molecule has 0 aliphatic carbocycles. The minimum Gasteiger partial charge on any atom is -0.300 e. The van der Waals surface area contributed by atoms with E-state index in [0.717, 1.165) is 13.1 Å². The molecule has 2 atom stereocenters. The maximum atomic E-state index is 5.28. The normalized spacial score (nSPS) is 23.5. The molecule has 1 aromatic carbocycles. The molecule has 1 aromatic rings. The molecule has 0 spiro atoms. The summed E-state index contributed by atoms with van der Waals surface area (Å²) >= 11 is 0. The molecular weight excluding hydrogens is 200 g/mol. The Morgan fingerprint density at radius 3 is 2.88 bits per heavy atom. The second-order valence-electron chi connectivity index (χ2n) is 4.51. The maximum absolute atomic E-state index is 5.28. The summed E-state index contributed by atoms with van der Waals surface area (Å²) in [4.78, 5) is 7.43. The number of hydrogen-bond donors (Lipinski definition) is 1. The van der Waals surface area contributed by atoms with Crippen LogP contribution in [0, 0.1) is 0 Å². The first-order valence-electron chi connectivity index (χ1n) is 5.95. The number of nitrogens with zero attached hydrogens (tertiary/aromatic N) is 1. The minimum atomic E-state index is 0.117. The Balaban J connectivity index is 1.99. The van der Waals surface area contributed by atoms with E-state index in [2.05, 4.69) is 35.2 Å². The van der Waals surface area contributed by atoms with Crippen LogP contribution in [-0.2, 0) is 11.4 Å². The molecule has 1 fully saturated rings. The molecule has 3 heteroatoms. The molecule has 0 saturated carbocycles. The van der Waals surface area contributed by atoms with Crippen LogP contribution < -0.4 is 5.90 Å². The topological polar surface area (TPSA) is 38.5 Å². The van der Waals surface area contributed by atoms with Gasteiger partial charge >= 0.3 is 0 Å². The van der Waals surface area contributed by atoms with Gasteiger partial charge in [-0.1, -0.05) is 30.3 Å². The van der Waals surface area contributed by atoms with Gasteiger partial charge in [-0.15, -0.1) is 0 Å². The van der Waals surface area contributed by atoms with E-state index in [1.54, 1.807) is 0 Å². The van der Waals surface area contributed by atoms with Crippen molar-refractivity contribution in [3.05, 3.63) is 35.9 Å². The van der Waals surface area contributed by atoms with E-state index in [4.69, 9.17) is 10.7 Å². The zero-order valence-electron chi connectivity index (χ0n) is 9.80. The van der Waals surface area contributed by atoms with Crippen LogP contribution in [0.15, 0.2) is 30.3 Å². The van der Waals surface area contributed by atoms with Crippen LogP contribution in [0.25, 0.3) is 0 Å². The van der Waals surface area contributed by atoms with Gasteiger partial charge in [-0.2, -0.15) is 0 Å². The van der Waals surface area contributed by atoms with Gasteiger partial charge < -0.3 is 0 Å². The van der Waals surface area contributed by atoms with Crippen LogP contribution in [0.2, 0.25) is 0 Å². The second kappa shape index (κ2) is 5.43. The summed E-state index contributed by atoms with van der Waals surface area (Å²) in [6.07, 6.45) is 2.54. The fourth-order valence-corrected chi connectivity index (χ4v) is 2.49. The summed E-state index contributed by atoms with van der Waals surface area (Å²) in [6, 6.07) is 11.0. The zero-order chi connectivity index (χ0) is 11.4. The Hall–Kier alpha value is -0.900. The summed E-state index contributed by atoms with van der Waals surface area (Å²) in [7, 11) is 0. The third-order valence-electron chi connectivity index (χ3n) is 3.40. The standard InChI is InChI=1S/C13H20N2O/c1-11(16-14)13-8-5-9-15(13)10-12-6-3-2-4-7-12/h2-4,6-7,11,13H,5,8-10,14H2,1H3. The summed E-state index contributed by atoms with van der Waals surface area (Å²) < 4.78 is 0. The SMILES string of the molecule is CC(ON)C1CCCN1Cc1ccccc1. The lowest BCUT2D eigenvalue weighted by Gasteiger charge is -2.28. The van der Waals surface area contributed by atoms with Crippen LogP contribution in [0.4, 0.5) is 0 Å². The lowest BCUT2D eigenvalue weighted by molar-refractivity contribution is 0.00672. The smallest absolute Gasteiger partial charge is 0.0914 e. The summed E-state index contributed by atoms with van der Waals surface area (Å²) in [5.41, 5.74) is 1.36. The van der Waals surface area contributed by atoms with Crippen LogP contribution in [0.1, 0.15) is 25.3 Å². The molecule has 1 aliphatic rings. The summed E-state index contributed by atoms with van der Waals surface area (Å²) in [5.74, 6) is 5.28. The average Bonchev–Trinajstić information content (AvgIpc) is 2.77. The van der Waals surface area contributed by atoms with Gasteiger partial charge in [0.1, 0.15) is 0 Å². The van der Waals surface area contributed by atoms with Crippen molar-refractivity contribution < 1.29 is 4.84 Å². The molecule has 0 aromatic heterocycles. The van der Waals surface area contributed by atoms with Crippen LogP contribution in [0.3, 0.4) is 0 Å². The van der Waals surface area contributed by atoms with Crippen molar-refractivity contribution in [2.45, 2.75) is 38.5 Å². The highest BCUT2D eigenvalue weighted by molar-refractivity contribution is 5.14. The Labute approximate surface area is 97.1 Å². The molecule has 88 valence electrons. The molecule has 2 N–H and O–H groups in total. The molecule has 3 nitrogen and oxygen atoms in total. The van der Waals surface area contributed by atoms with Gasteiger partial charge in [-0.3, -0.25) is 9.74 Å². The van der Waals surface area contributed by atoms with Crippen molar-refractivity contribution in [2.75, 3.05) is 6.54 Å². The number of rotatable bonds is 4. The number of nitrogens with two attached hydrogens (primary N) is 1. The Morgan fingerprint density at radius 1 is 1.44 bits per heavy atom. The maximum Gasteiger partial charge on any atom is 0.0914 e. The van der Waals surface area contributed by atoms with Crippen molar-refractivity contribution >= 4 is 0 Å². The first-order valence-corrected chi connectivity index (χ1v) is 5.95. The minimum absolute atomic E-state index is 0.117. The van der Waals surface area contributed by atoms with E-state index < -0.39 is 0 Å². The molecule has 16 heavy (non-hydrogen) atoms. The molecule has 0 amide bonds. The van der Waals surface area contributed by atoms with E-state index in [1.165, 1.54) is 18.4 Å². The Kier molecular flexibility index (Phi) is 3.93. The highest BCUT2D eigenvalue weighted by Crippen LogP contribution is 2.23. The second-order valence-corrected chi connectivity index (χ2v) is 4.51. The largest absolute Gasteiger partial charge is 0.300 e. The number of hydrogen-bond acceptors (Lipinski definition) is 3. The van der Waals surface area contributed by atoms with Gasteiger partial charge in [0.2, 0.25) is 0 Å². The monoisotopic (exact) mass is 220 g/mol. The molecule has 1 aliphatic heterocycles. The third-order valence-corrected chi connectivity index (χ3v) is 3.40. The lowest BCUT2D eigenvalue weighted by atomic mass is 10.1. The third kappa shape index (κ3) is 2.61. The van der Waals surface area contributed by atoms with Gasteiger partial charge in [-0.05, 0) is 31.9 Å². The van der Waals surface area contributed by atoms with Gasteiger partial charge in [-0.25, -0.2) is 5.90 Å². The fourth-order valence-electron chi connectivity index (χ4n) is 2.49. The van der Waals surface area contributed by atoms with E-state index in [9.17, 15) is 0 Å². The van der Waals surface area contributed by atoms with Gasteiger partial charge in [0.05, 0.1) is 6.10 Å². The quantitative estimate of drug-likeness (QED) is 0.788. The van der Waals surface area contributed by atoms with Crippen molar-refractivity contribution in [1.29, 1.82) is 0 Å².